The van der Waals surface area contributed by atoms with Crippen LogP contribution in [-0.2, 0) is 11.0 Å². The fourth-order valence-electron chi connectivity index (χ4n) is 3.30. The van der Waals surface area contributed by atoms with Gasteiger partial charge in [0, 0.05) is 6.04 Å². The minimum atomic E-state index is -4.40. The van der Waals surface area contributed by atoms with Gasteiger partial charge in [0.15, 0.2) is 0 Å². The first-order chi connectivity index (χ1) is 10.9. The summed E-state index contributed by atoms with van der Waals surface area (Å²) < 4.78 is 38.5. The molecule has 0 radical (unpaired) electrons. The van der Waals surface area contributed by atoms with Crippen LogP contribution >= 0.6 is 0 Å². The minimum absolute atomic E-state index is 0.0346. The van der Waals surface area contributed by atoms with Gasteiger partial charge in [0.05, 0.1) is 11.5 Å². The second-order valence-electron chi connectivity index (χ2n) is 6.13. The van der Waals surface area contributed by atoms with Gasteiger partial charge in [-0.1, -0.05) is 31.5 Å². The summed E-state index contributed by atoms with van der Waals surface area (Å²) in [4.78, 5) is 12.5. The Labute approximate surface area is 134 Å². The maximum atomic E-state index is 12.8. The Morgan fingerprint density at radius 1 is 1.39 bits per heavy atom. The number of carbonyl (C=O) groups is 1. The number of nitrogens with one attached hydrogen (secondary N) is 1. The van der Waals surface area contributed by atoms with Crippen molar-refractivity contribution in [2.75, 3.05) is 6.54 Å². The highest BCUT2D eigenvalue weighted by Crippen LogP contribution is 2.32. The number of nitrogens with two attached hydrogens (primary N) is 1. The third-order valence-corrected chi connectivity index (χ3v) is 4.63. The van der Waals surface area contributed by atoms with E-state index in [2.05, 4.69) is 5.32 Å². The van der Waals surface area contributed by atoms with Crippen molar-refractivity contribution in [2.45, 2.75) is 50.7 Å². The molecule has 0 saturated heterocycles. The molecule has 1 aromatic rings. The van der Waals surface area contributed by atoms with Crippen molar-refractivity contribution in [3.05, 3.63) is 35.4 Å². The quantitative estimate of drug-likeness (QED) is 0.870. The van der Waals surface area contributed by atoms with Crippen molar-refractivity contribution in [3.63, 3.8) is 0 Å². The van der Waals surface area contributed by atoms with Crippen molar-refractivity contribution in [3.8, 4) is 0 Å². The summed E-state index contributed by atoms with van der Waals surface area (Å²) in [6.07, 6.45) is -1.06. The van der Waals surface area contributed by atoms with E-state index in [1.165, 1.54) is 6.07 Å². The van der Waals surface area contributed by atoms with E-state index in [4.69, 9.17) is 5.73 Å². The number of rotatable bonds is 5. The number of benzene rings is 1. The van der Waals surface area contributed by atoms with E-state index in [9.17, 15) is 18.0 Å². The number of halogens is 3. The summed E-state index contributed by atoms with van der Waals surface area (Å²) >= 11 is 0. The van der Waals surface area contributed by atoms with Gasteiger partial charge in [-0.15, -0.1) is 0 Å². The van der Waals surface area contributed by atoms with Crippen LogP contribution in [0.1, 0.15) is 49.7 Å². The van der Waals surface area contributed by atoms with E-state index in [0.717, 1.165) is 31.4 Å². The van der Waals surface area contributed by atoms with Crippen molar-refractivity contribution < 1.29 is 18.0 Å². The third kappa shape index (κ3) is 4.25. The first-order valence-corrected chi connectivity index (χ1v) is 8.04. The van der Waals surface area contributed by atoms with Crippen LogP contribution in [0.2, 0.25) is 0 Å². The Balaban J connectivity index is 2.14. The van der Waals surface area contributed by atoms with Gasteiger partial charge in [-0.05, 0) is 43.4 Å². The van der Waals surface area contributed by atoms with Crippen LogP contribution in [0, 0.1) is 5.92 Å². The molecule has 0 aromatic heterocycles. The Morgan fingerprint density at radius 2 is 2.13 bits per heavy atom. The summed E-state index contributed by atoms with van der Waals surface area (Å²) in [7, 11) is 0. The Kier molecular flexibility index (Phi) is 5.68. The van der Waals surface area contributed by atoms with Crippen molar-refractivity contribution in [2.24, 2.45) is 11.7 Å². The summed E-state index contributed by atoms with van der Waals surface area (Å²) in [5, 5.41) is 2.99. The molecule has 23 heavy (non-hydrogen) atoms. The lowest BCUT2D eigenvalue weighted by molar-refractivity contribution is -0.137. The predicted molar refractivity (Wildman–Crippen MR) is 82.8 cm³/mol. The van der Waals surface area contributed by atoms with E-state index in [0.29, 0.717) is 18.5 Å². The summed E-state index contributed by atoms with van der Waals surface area (Å²) in [6.45, 7) is 2.32. The topological polar surface area (TPSA) is 55.1 Å². The van der Waals surface area contributed by atoms with Crippen LogP contribution in [0.15, 0.2) is 24.3 Å². The molecule has 3 atom stereocenters. The molecule has 0 heterocycles. The monoisotopic (exact) mass is 328 g/mol. The first kappa shape index (κ1) is 17.8. The van der Waals surface area contributed by atoms with Crippen LogP contribution in [0.5, 0.6) is 0 Å². The fraction of sp³-hybridized carbons (Fsp3) is 0.588. The lowest BCUT2D eigenvalue weighted by Crippen LogP contribution is -2.42. The normalized spacial score (nSPS) is 22.8. The highest BCUT2D eigenvalue weighted by Gasteiger charge is 2.33. The maximum absolute atomic E-state index is 12.8. The molecule has 0 spiro atoms. The highest BCUT2D eigenvalue weighted by molar-refractivity contribution is 5.84. The van der Waals surface area contributed by atoms with Gasteiger partial charge in [-0.3, -0.25) is 4.79 Å². The van der Waals surface area contributed by atoms with Gasteiger partial charge in [0.1, 0.15) is 0 Å². The molecule has 0 bridgehead atoms. The van der Waals surface area contributed by atoms with Gasteiger partial charge >= 0.3 is 6.18 Å². The van der Waals surface area contributed by atoms with Crippen molar-refractivity contribution in [1.29, 1.82) is 0 Å². The average Bonchev–Trinajstić information content (AvgIpc) is 2.94. The molecule has 1 aliphatic rings. The zero-order valence-corrected chi connectivity index (χ0v) is 13.2. The molecule has 0 aliphatic heterocycles. The van der Waals surface area contributed by atoms with Crippen LogP contribution in [0.3, 0.4) is 0 Å². The summed E-state index contributed by atoms with van der Waals surface area (Å²) in [5.74, 6) is -0.522. The first-order valence-electron chi connectivity index (χ1n) is 8.04. The number of carbonyl (C=O) groups excluding carboxylic acids is 1. The maximum Gasteiger partial charge on any atom is 0.416 e. The molecule has 3 N–H and O–H groups in total. The van der Waals surface area contributed by atoms with Crippen molar-refractivity contribution >= 4 is 5.91 Å². The van der Waals surface area contributed by atoms with E-state index >= 15 is 0 Å². The molecule has 3 unspecified atom stereocenters. The van der Waals surface area contributed by atoms with Gasteiger partial charge in [-0.25, -0.2) is 0 Å². The molecule has 1 aromatic carbocycles. The highest BCUT2D eigenvalue weighted by atomic mass is 19.4. The number of hydrogen-bond donors (Lipinski definition) is 2. The van der Waals surface area contributed by atoms with Gasteiger partial charge < -0.3 is 11.1 Å². The third-order valence-electron chi connectivity index (χ3n) is 4.63. The SMILES string of the molecule is CCC(C(=O)NC1CCCC1CN)c1cccc(C(F)(F)F)c1. The molecule has 128 valence electrons. The molecular weight excluding hydrogens is 305 g/mol. The predicted octanol–water partition coefficient (Wildman–Crippen LogP) is 3.44. The molecule has 1 aliphatic carbocycles. The van der Waals surface area contributed by atoms with E-state index in [-0.39, 0.29) is 17.9 Å². The zero-order valence-electron chi connectivity index (χ0n) is 13.2. The minimum Gasteiger partial charge on any atom is -0.353 e. The lowest BCUT2D eigenvalue weighted by atomic mass is 9.93. The van der Waals surface area contributed by atoms with Crippen molar-refractivity contribution in [1.82, 2.24) is 5.32 Å². The van der Waals surface area contributed by atoms with Crippen LogP contribution in [0.25, 0.3) is 0 Å². The Bertz CT molecular complexity index is 545. The largest absolute Gasteiger partial charge is 0.416 e. The fourth-order valence-corrected chi connectivity index (χ4v) is 3.30. The number of amides is 1. The second-order valence-corrected chi connectivity index (χ2v) is 6.13. The van der Waals surface area contributed by atoms with Gasteiger partial charge in [-0.2, -0.15) is 13.2 Å². The average molecular weight is 328 g/mol. The van der Waals surface area contributed by atoms with Crippen LogP contribution in [0.4, 0.5) is 13.2 Å². The van der Waals surface area contributed by atoms with E-state index in [1.54, 1.807) is 13.0 Å². The van der Waals surface area contributed by atoms with Gasteiger partial charge in [0.2, 0.25) is 5.91 Å². The zero-order chi connectivity index (χ0) is 17.0. The second kappa shape index (κ2) is 7.34. The lowest BCUT2D eigenvalue weighted by Gasteiger charge is -2.23. The molecule has 2 rings (SSSR count). The Morgan fingerprint density at radius 3 is 2.74 bits per heavy atom. The standard InChI is InChI=1S/C17H23F3N2O/c1-2-14(11-5-3-7-13(9-11)17(18,19)20)16(23)22-15-8-4-6-12(15)10-21/h3,5,7,9,12,14-15H,2,4,6,8,10,21H2,1H3,(H,22,23). The number of hydrogen-bond acceptors (Lipinski definition) is 2. The molecule has 1 saturated carbocycles. The molecule has 1 amide bonds. The van der Waals surface area contributed by atoms with E-state index in [1.807, 2.05) is 0 Å². The summed E-state index contributed by atoms with van der Waals surface area (Å²) in [5.41, 5.74) is 5.40. The molecule has 6 heteroatoms. The van der Waals surface area contributed by atoms with Crippen LogP contribution in [-0.4, -0.2) is 18.5 Å². The molecular formula is C17H23F3N2O. The van der Waals surface area contributed by atoms with Gasteiger partial charge in [0.25, 0.3) is 0 Å². The Hall–Kier alpha value is -1.56. The smallest absolute Gasteiger partial charge is 0.353 e. The number of alkyl halides is 3. The van der Waals surface area contributed by atoms with E-state index < -0.39 is 17.7 Å². The van der Waals surface area contributed by atoms with Crippen LogP contribution < -0.4 is 11.1 Å². The summed E-state index contributed by atoms with van der Waals surface area (Å²) in [6, 6.07) is 5.07. The molecule has 1 fully saturated rings. The molecule has 3 nitrogen and oxygen atoms in total.